The van der Waals surface area contributed by atoms with E-state index in [1.165, 1.54) is 6.07 Å². The summed E-state index contributed by atoms with van der Waals surface area (Å²) in [5.74, 6) is 0.654. The highest BCUT2D eigenvalue weighted by Crippen LogP contribution is 2.36. The number of aromatic nitrogens is 2. The van der Waals surface area contributed by atoms with Gasteiger partial charge in [0.05, 0.1) is 7.11 Å². The summed E-state index contributed by atoms with van der Waals surface area (Å²) < 4.78 is 20.4. The van der Waals surface area contributed by atoms with Crippen LogP contribution in [0.1, 0.15) is 35.6 Å². The lowest BCUT2D eigenvalue weighted by molar-refractivity contribution is 0.415. The minimum absolute atomic E-state index is 0.295. The topological polar surface area (TPSA) is 47.0 Å². The number of hydrogen-bond donors (Lipinski definition) is 1. The summed E-state index contributed by atoms with van der Waals surface area (Å²) in [6, 6.07) is 9.36. The van der Waals surface area contributed by atoms with Crippen LogP contribution in [-0.4, -0.2) is 30.2 Å². The fourth-order valence-corrected chi connectivity index (χ4v) is 3.94. The maximum Gasteiger partial charge on any atom is 0.160 e. The molecule has 0 bridgehead atoms. The Kier molecular flexibility index (Phi) is 4.79. The number of methoxy groups -OCH3 is 1. The molecule has 0 radical (unpaired) electrons. The first kappa shape index (κ1) is 17.9. The van der Waals surface area contributed by atoms with Crippen molar-refractivity contribution in [2.45, 2.75) is 32.6 Å². The monoisotopic (exact) mass is 365 g/mol. The number of fused-ring (bicyclic) bond motifs is 1. The standard InChI is InChI=1S/C22H24FN3O/c1-13-9-14(2)20(19(10-13)27-3)21-17(23)11-15-6-7-18(25-22(15)26-21)16-5-4-8-24-12-16/h6-7,9-11,16,24H,4-5,8,12H2,1-3H3. The third-order valence-electron chi connectivity index (χ3n) is 5.27. The number of nitrogens with zero attached hydrogens (tertiary/aromatic N) is 2. The molecule has 1 unspecified atom stereocenters. The van der Waals surface area contributed by atoms with Crippen molar-refractivity contribution < 1.29 is 9.13 Å². The number of aryl methyl sites for hydroxylation is 2. The van der Waals surface area contributed by atoms with Crippen LogP contribution in [0, 0.1) is 19.7 Å². The molecule has 140 valence electrons. The van der Waals surface area contributed by atoms with Crippen molar-refractivity contribution in [1.82, 2.24) is 15.3 Å². The number of piperidine rings is 1. The summed E-state index contributed by atoms with van der Waals surface area (Å²) in [4.78, 5) is 9.38. The zero-order valence-electron chi connectivity index (χ0n) is 16.0. The number of ether oxygens (including phenoxy) is 1. The van der Waals surface area contributed by atoms with Gasteiger partial charge in [-0.15, -0.1) is 0 Å². The highest BCUT2D eigenvalue weighted by molar-refractivity contribution is 5.81. The van der Waals surface area contributed by atoms with Gasteiger partial charge in [-0.1, -0.05) is 6.07 Å². The molecule has 0 spiro atoms. The number of nitrogens with one attached hydrogen (secondary N) is 1. The lowest BCUT2D eigenvalue weighted by Crippen LogP contribution is -2.28. The van der Waals surface area contributed by atoms with Gasteiger partial charge < -0.3 is 10.1 Å². The highest BCUT2D eigenvalue weighted by Gasteiger charge is 2.20. The average molecular weight is 365 g/mol. The molecule has 0 amide bonds. The summed E-state index contributed by atoms with van der Waals surface area (Å²) in [5.41, 5.74) is 4.59. The Labute approximate surface area is 158 Å². The van der Waals surface area contributed by atoms with Gasteiger partial charge in [0.25, 0.3) is 0 Å². The third-order valence-corrected chi connectivity index (χ3v) is 5.27. The zero-order valence-corrected chi connectivity index (χ0v) is 16.0. The highest BCUT2D eigenvalue weighted by atomic mass is 19.1. The SMILES string of the molecule is COc1cc(C)cc(C)c1-c1nc2nc(C3CCCNC3)ccc2cc1F. The molecule has 1 N–H and O–H groups in total. The second kappa shape index (κ2) is 7.24. The van der Waals surface area contributed by atoms with Gasteiger partial charge in [-0.25, -0.2) is 14.4 Å². The maximum absolute atomic E-state index is 14.9. The molecular weight excluding hydrogens is 341 g/mol. The summed E-state index contributed by atoms with van der Waals surface area (Å²) in [5, 5.41) is 4.13. The smallest absolute Gasteiger partial charge is 0.160 e. The second-order valence-electron chi connectivity index (χ2n) is 7.30. The van der Waals surface area contributed by atoms with Crippen LogP contribution in [0.25, 0.3) is 22.3 Å². The van der Waals surface area contributed by atoms with Crippen LogP contribution in [0.2, 0.25) is 0 Å². The zero-order chi connectivity index (χ0) is 19.0. The van der Waals surface area contributed by atoms with Crippen molar-refractivity contribution in [3.63, 3.8) is 0 Å². The van der Waals surface area contributed by atoms with E-state index in [0.29, 0.717) is 34.0 Å². The summed E-state index contributed by atoms with van der Waals surface area (Å²) in [6.07, 6.45) is 2.26. The third kappa shape index (κ3) is 3.39. The molecule has 1 aliphatic heterocycles. The van der Waals surface area contributed by atoms with E-state index in [0.717, 1.165) is 42.8 Å². The number of pyridine rings is 2. The Balaban J connectivity index is 1.85. The van der Waals surface area contributed by atoms with E-state index < -0.39 is 0 Å². The van der Waals surface area contributed by atoms with Gasteiger partial charge in [0.1, 0.15) is 17.3 Å². The normalized spacial score (nSPS) is 17.3. The van der Waals surface area contributed by atoms with Crippen molar-refractivity contribution in [1.29, 1.82) is 0 Å². The number of rotatable bonds is 3. The molecule has 2 aromatic heterocycles. The lowest BCUT2D eigenvalue weighted by Gasteiger charge is -2.22. The Morgan fingerprint density at radius 2 is 2.00 bits per heavy atom. The minimum Gasteiger partial charge on any atom is -0.496 e. The molecule has 3 heterocycles. The van der Waals surface area contributed by atoms with E-state index in [2.05, 4.69) is 10.3 Å². The van der Waals surface area contributed by atoms with Crippen LogP contribution in [-0.2, 0) is 0 Å². The van der Waals surface area contributed by atoms with Gasteiger partial charge in [0.15, 0.2) is 5.65 Å². The average Bonchev–Trinajstić information content (AvgIpc) is 2.67. The molecule has 3 aromatic rings. The van der Waals surface area contributed by atoms with Crippen LogP contribution in [0.15, 0.2) is 30.3 Å². The van der Waals surface area contributed by atoms with E-state index in [1.54, 1.807) is 7.11 Å². The molecule has 1 aliphatic rings. The van der Waals surface area contributed by atoms with Crippen molar-refractivity contribution in [3.05, 3.63) is 53.0 Å². The molecule has 0 saturated carbocycles. The van der Waals surface area contributed by atoms with E-state index in [4.69, 9.17) is 9.72 Å². The van der Waals surface area contributed by atoms with Crippen molar-refractivity contribution in [2.24, 2.45) is 0 Å². The predicted octanol–water partition coefficient (Wildman–Crippen LogP) is 4.53. The molecule has 5 heteroatoms. The van der Waals surface area contributed by atoms with E-state index in [-0.39, 0.29) is 5.82 Å². The Morgan fingerprint density at radius 3 is 2.74 bits per heavy atom. The van der Waals surface area contributed by atoms with E-state index >= 15 is 0 Å². The van der Waals surface area contributed by atoms with Gasteiger partial charge in [-0.05, 0) is 68.6 Å². The quantitative estimate of drug-likeness (QED) is 0.741. The maximum atomic E-state index is 14.9. The molecule has 1 fully saturated rings. The first-order valence-electron chi connectivity index (χ1n) is 9.40. The van der Waals surface area contributed by atoms with Crippen LogP contribution < -0.4 is 10.1 Å². The number of halogens is 1. The van der Waals surface area contributed by atoms with E-state index in [1.807, 2.05) is 38.1 Å². The van der Waals surface area contributed by atoms with Crippen molar-refractivity contribution in [2.75, 3.05) is 20.2 Å². The van der Waals surface area contributed by atoms with Crippen LogP contribution >= 0.6 is 0 Å². The minimum atomic E-state index is -0.360. The molecule has 1 aromatic carbocycles. The van der Waals surface area contributed by atoms with Crippen LogP contribution in [0.4, 0.5) is 4.39 Å². The molecule has 4 rings (SSSR count). The van der Waals surface area contributed by atoms with Gasteiger partial charge in [0, 0.05) is 29.1 Å². The summed E-state index contributed by atoms with van der Waals surface area (Å²) in [6.45, 7) is 5.94. The molecule has 27 heavy (non-hydrogen) atoms. The molecule has 0 aliphatic carbocycles. The fraction of sp³-hybridized carbons (Fsp3) is 0.364. The van der Waals surface area contributed by atoms with Crippen molar-refractivity contribution >= 4 is 11.0 Å². The number of hydrogen-bond acceptors (Lipinski definition) is 4. The predicted molar refractivity (Wildman–Crippen MR) is 106 cm³/mol. The Morgan fingerprint density at radius 1 is 1.15 bits per heavy atom. The van der Waals surface area contributed by atoms with Gasteiger partial charge in [0.2, 0.25) is 0 Å². The first-order valence-corrected chi connectivity index (χ1v) is 9.40. The summed E-state index contributed by atoms with van der Waals surface area (Å²) in [7, 11) is 1.60. The summed E-state index contributed by atoms with van der Waals surface area (Å²) >= 11 is 0. The Hall–Kier alpha value is -2.53. The molecule has 4 nitrogen and oxygen atoms in total. The molecular formula is C22H24FN3O. The van der Waals surface area contributed by atoms with Gasteiger partial charge >= 0.3 is 0 Å². The number of benzene rings is 1. The van der Waals surface area contributed by atoms with Crippen LogP contribution in [0.3, 0.4) is 0 Å². The first-order chi connectivity index (χ1) is 13.1. The molecule has 1 atom stereocenters. The second-order valence-corrected chi connectivity index (χ2v) is 7.30. The van der Waals surface area contributed by atoms with Gasteiger partial charge in [-0.2, -0.15) is 0 Å². The van der Waals surface area contributed by atoms with Crippen LogP contribution in [0.5, 0.6) is 5.75 Å². The van der Waals surface area contributed by atoms with Crippen molar-refractivity contribution in [3.8, 4) is 17.0 Å². The largest absolute Gasteiger partial charge is 0.496 e. The molecule has 1 saturated heterocycles. The fourth-order valence-electron chi connectivity index (χ4n) is 3.94. The van der Waals surface area contributed by atoms with Gasteiger partial charge in [-0.3, -0.25) is 0 Å². The lowest BCUT2D eigenvalue weighted by atomic mass is 9.95. The Bertz CT molecular complexity index is 997. The van der Waals surface area contributed by atoms with E-state index in [9.17, 15) is 4.39 Å².